The number of H-pyrrole nitrogens is 1. The quantitative estimate of drug-likeness (QED) is 0.763. The van der Waals surface area contributed by atoms with Crippen LogP contribution in [0.5, 0.6) is 0 Å². The number of thioether (sulfide) groups is 1. The van der Waals surface area contributed by atoms with Crippen molar-refractivity contribution in [2.45, 2.75) is 50.6 Å². The minimum Gasteiger partial charge on any atom is -0.325 e. The molecule has 0 bridgehead atoms. The number of carbonyl (C=O) groups is 1. The molecule has 0 saturated carbocycles. The average molecular weight is 334 g/mol. The smallest absolute Gasteiger partial charge is 0.325 e. The van der Waals surface area contributed by atoms with Crippen LogP contribution in [0.25, 0.3) is 0 Å². The van der Waals surface area contributed by atoms with E-state index >= 15 is 0 Å². The van der Waals surface area contributed by atoms with Crippen molar-refractivity contribution >= 4 is 23.4 Å². The number of aryl methyl sites for hydroxylation is 1. The normalized spacial score (nSPS) is 12.1. The van der Waals surface area contributed by atoms with E-state index in [0.29, 0.717) is 11.7 Å². The van der Waals surface area contributed by atoms with Crippen molar-refractivity contribution in [2.75, 3.05) is 5.32 Å². The topological polar surface area (TPSA) is 79.8 Å². The molecule has 2 N–H and O–H groups in total. The standard InChI is InChI=1S/C16H22N4O2S/c1-4-5-9-20-15(22)18-19-16(20)23-12(3)14(21)17-13-8-6-7-11(2)10-13/h6-8,10,12H,4-5,9H2,1-3H3,(H,17,21)(H,18,22). The van der Waals surface area contributed by atoms with E-state index in [1.807, 2.05) is 31.2 Å². The van der Waals surface area contributed by atoms with E-state index in [9.17, 15) is 9.59 Å². The molecule has 2 rings (SSSR count). The summed E-state index contributed by atoms with van der Waals surface area (Å²) < 4.78 is 1.59. The van der Waals surface area contributed by atoms with Crippen molar-refractivity contribution in [1.29, 1.82) is 0 Å². The van der Waals surface area contributed by atoms with Crippen LogP contribution in [0.1, 0.15) is 32.3 Å². The number of carbonyl (C=O) groups excluding carboxylic acids is 1. The lowest BCUT2D eigenvalue weighted by molar-refractivity contribution is -0.115. The highest BCUT2D eigenvalue weighted by atomic mass is 32.2. The first-order valence-electron chi connectivity index (χ1n) is 7.70. The van der Waals surface area contributed by atoms with E-state index in [2.05, 4.69) is 22.4 Å². The van der Waals surface area contributed by atoms with Crippen molar-refractivity contribution in [1.82, 2.24) is 14.8 Å². The third-order valence-electron chi connectivity index (χ3n) is 3.40. The molecule has 0 radical (unpaired) electrons. The van der Waals surface area contributed by atoms with Crippen LogP contribution >= 0.6 is 11.8 Å². The number of amides is 1. The number of aromatic amines is 1. The molecule has 23 heavy (non-hydrogen) atoms. The van der Waals surface area contributed by atoms with E-state index in [0.717, 1.165) is 24.1 Å². The van der Waals surface area contributed by atoms with Gasteiger partial charge in [-0.2, -0.15) is 0 Å². The molecular weight excluding hydrogens is 312 g/mol. The van der Waals surface area contributed by atoms with Gasteiger partial charge in [-0.25, -0.2) is 9.89 Å². The second-order valence-corrected chi connectivity index (χ2v) is 6.74. The van der Waals surface area contributed by atoms with Crippen molar-refractivity contribution in [3.8, 4) is 0 Å². The van der Waals surface area contributed by atoms with Crippen LogP contribution in [-0.4, -0.2) is 25.9 Å². The first kappa shape index (κ1) is 17.3. The lowest BCUT2D eigenvalue weighted by Gasteiger charge is -2.12. The fraction of sp³-hybridized carbons (Fsp3) is 0.438. The number of rotatable bonds is 7. The SMILES string of the molecule is CCCCn1c(SC(C)C(=O)Nc2cccc(C)c2)n[nH]c1=O. The van der Waals surface area contributed by atoms with Gasteiger partial charge in [0, 0.05) is 12.2 Å². The molecule has 1 aromatic carbocycles. The summed E-state index contributed by atoms with van der Waals surface area (Å²) in [5.74, 6) is -0.113. The van der Waals surface area contributed by atoms with Gasteiger partial charge >= 0.3 is 5.69 Å². The highest BCUT2D eigenvalue weighted by Crippen LogP contribution is 2.21. The van der Waals surface area contributed by atoms with Crippen molar-refractivity contribution in [2.24, 2.45) is 0 Å². The van der Waals surface area contributed by atoms with Crippen LogP contribution in [0.2, 0.25) is 0 Å². The molecule has 7 heteroatoms. The zero-order chi connectivity index (χ0) is 16.8. The molecule has 1 heterocycles. The van der Waals surface area contributed by atoms with Crippen LogP contribution in [0.15, 0.2) is 34.2 Å². The van der Waals surface area contributed by atoms with Gasteiger partial charge in [-0.3, -0.25) is 9.36 Å². The van der Waals surface area contributed by atoms with Gasteiger partial charge in [-0.05, 0) is 38.0 Å². The minimum atomic E-state index is -0.355. The first-order valence-corrected chi connectivity index (χ1v) is 8.58. The Morgan fingerprint density at radius 1 is 1.48 bits per heavy atom. The van der Waals surface area contributed by atoms with Crippen molar-refractivity contribution in [3.05, 3.63) is 40.3 Å². The number of hydrogen-bond donors (Lipinski definition) is 2. The molecule has 0 aliphatic heterocycles. The monoisotopic (exact) mass is 334 g/mol. The zero-order valence-corrected chi connectivity index (χ0v) is 14.4. The Morgan fingerprint density at radius 2 is 2.26 bits per heavy atom. The fourth-order valence-corrected chi connectivity index (χ4v) is 2.97. The van der Waals surface area contributed by atoms with E-state index in [1.54, 1.807) is 11.5 Å². The largest absolute Gasteiger partial charge is 0.343 e. The minimum absolute atomic E-state index is 0.113. The number of nitrogens with zero attached hydrogens (tertiary/aromatic N) is 2. The molecule has 1 unspecified atom stereocenters. The van der Waals surface area contributed by atoms with E-state index in [1.165, 1.54) is 11.8 Å². The lowest BCUT2D eigenvalue weighted by atomic mass is 10.2. The summed E-state index contributed by atoms with van der Waals surface area (Å²) in [4.78, 5) is 24.1. The molecule has 0 aliphatic carbocycles. The summed E-state index contributed by atoms with van der Waals surface area (Å²) in [6.07, 6.45) is 1.89. The predicted molar refractivity (Wildman–Crippen MR) is 92.9 cm³/mol. The van der Waals surface area contributed by atoms with Crippen LogP contribution in [0, 0.1) is 6.92 Å². The average Bonchev–Trinajstić information content (AvgIpc) is 2.85. The summed E-state index contributed by atoms with van der Waals surface area (Å²) in [6, 6.07) is 7.65. The summed E-state index contributed by atoms with van der Waals surface area (Å²) in [5.41, 5.74) is 1.63. The number of anilines is 1. The molecule has 2 aromatic rings. The second kappa shape index (κ2) is 8.01. The summed E-state index contributed by atoms with van der Waals surface area (Å²) >= 11 is 1.28. The van der Waals surface area contributed by atoms with E-state index in [4.69, 9.17) is 0 Å². The van der Waals surface area contributed by atoms with Gasteiger partial charge in [-0.1, -0.05) is 37.2 Å². The van der Waals surface area contributed by atoms with Gasteiger partial charge in [0.25, 0.3) is 0 Å². The molecule has 0 aliphatic rings. The molecule has 6 nitrogen and oxygen atoms in total. The van der Waals surface area contributed by atoms with E-state index in [-0.39, 0.29) is 16.8 Å². The Hall–Kier alpha value is -2.02. The number of unbranched alkanes of at least 4 members (excludes halogenated alkanes) is 1. The third kappa shape index (κ3) is 4.72. The fourth-order valence-electron chi connectivity index (χ4n) is 2.08. The maximum absolute atomic E-state index is 12.3. The number of nitrogens with one attached hydrogen (secondary N) is 2. The van der Waals surface area contributed by atoms with Crippen LogP contribution in [0.4, 0.5) is 5.69 Å². The number of hydrogen-bond acceptors (Lipinski definition) is 4. The maximum Gasteiger partial charge on any atom is 0.343 e. The Kier molecular flexibility index (Phi) is 6.04. The Morgan fingerprint density at radius 3 is 2.96 bits per heavy atom. The van der Waals surface area contributed by atoms with Gasteiger partial charge < -0.3 is 5.32 Å². The molecule has 1 aromatic heterocycles. The number of benzene rings is 1. The van der Waals surface area contributed by atoms with Gasteiger partial charge in [0.15, 0.2) is 5.16 Å². The predicted octanol–water partition coefficient (Wildman–Crippen LogP) is 2.80. The van der Waals surface area contributed by atoms with Crippen molar-refractivity contribution in [3.63, 3.8) is 0 Å². The van der Waals surface area contributed by atoms with Crippen LogP contribution in [0.3, 0.4) is 0 Å². The highest BCUT2D eigenvalue weighted by Gasteiger charge is 2.19. The maximum atomic E-state index is 12.3. The van der Waals surface area contributed by atoms with Crippen LogP contribution < -0.4 is 11.0 Å². The first-order chi connectivity index (χ1) is 11.0. The summed E-state index contributed by atoms with van der Waals surface area (Å²) in [6.45, 7) is 6.46. The Labute approximate surface area is 139 Å². The van der Waals surface area contributed by atoms with Gasteiger partial charge in [0.05, 0.1) is 5.25 Å². The molecule has 0 fully saturated rings. The zero-order valence-electron chi connectivity index (χ0n) is 13.6. The molecular formula is C16H22N4O2S. The molecule has 0 spiro atoms. The van der Waals surface area contributed by atoms with Gasteiger partial charge in [0.2, 0.25) is 5.91 Å². The lowest BCUT2D eigenvalue weighted by Crippen LogP contribution is -2.24. The Balaban J connectivity index is 2.02. The number of aromatic nitrogens is 3. The second-order valence-electron chi connectivity index (χ2n) is 5.44. The van der Waals surface area contributed by atoms with Crippen molar-refractivity contribution < 1.29 is 4.79 Å². The molecule has 124 valence electrons. The summed E-state index contributed by atoms with van der Waals surface area (Å²) in [7, 11) is 0. The van der Waals surface area contributed by atoms with Gasteiger partial charge in [-0.15, -0.1) is 5.10 Å². The van der Waals surface area contributed by atoms with E-state index < -0.39 is 0 Å². The molecule has 1 amide bonds. The van der Waals surface area contributed by atoms with Gasteiger partial charge in [0.1, 0.15) is 0 Å². The van der Waals surface area contributed by atoms with Crippen LogP contribution in [-0.2, 0) is 11.3 Å². The highest BCUT2D eigenvalue weighted by molar-refractivity contribution is 8.00. The third-order valence-corrected chi connectivity index (χ3v) is 4.49. The molecule has 0 saturated heterocycles. The Bertz CT molecular complexity index is 723. The summed E-state index contributed by atoms with van der Waals surface area (Å²) in [5, 5.41) is 9.56. The molecule has 1 atom stereocenters.